The molecule has 0 amide bonds. The molecule has 1 aliphatic heterocycles. The number of anilines is 1. The number of carboxylic acid groups (broad SMARTS) is 1. The number of piperidine rings is 1. The van der Waals surface area contributed by atoms with Gasteiger partial charge in [-0.2, -0.15) is 5.26 Å². The first-order valence-electron chi connectivity index (χ1n) is 6.52. The summed E-state index contributed by atoms with van der Waals surface area (Å²) in [6.45, 7) is 1.81. The first kappa shape index (κ1) is 13.3. The lowest BCUT2D eigenvalue weighted by Gasteiger charge is -2.32. The van der Waals surface area contributed by atoms with E-state index < -0.39 is 5.97 Å². The highest BCUT2D eigenvalue weighted by molar-refractivity contribution is 5.66. The lowest BCUT2D eigenvalue weighted by atomic mass is 9.92. The predicted octanol–water partition coefficient (Wildman–Crippen LogP) is 2.03. The third kappa shape index (κ3) is 3.68. The van der Waals surface area contributed by atoms with Crippen LogP contribution in [0.5, 0.6) is 0 Å². The zero-order chi connectivity index (χ0) is 13.7. The Hall–Kier alpha value is -2.09. The van der Waals surface area contributed by atoms with Gasteiger partial charge in [-0.1, -0.05) is 0 Å². The molecule has 5 nitrogen and oxygen atoms in total. The van der Waals surface area contributed by atoms with Crippen LogP contribution in [0.25, 0.3) is 0 Å². The topological polar surface area (TPSA) is 77.2 Å². The molecule has 0 aromatic carbocycles. The molecule has 1 aromatic rings. The number of pyridine rings is 1. The fourth-order valence-electron chi connectivity index (χ4n) is 2.42. The van der Waals surface area contributed by atoms with Crippen molar-refractivity contribution in [1.82, 2.24) is 4.98 Å². The molecule has 5 heteroatoms. The van der Waals surface area contributed by atoms with E-state index in [4.69, 9.17) is 10.4 Å². The minimum atomic E-state index is -0.712. The molecular weight excluding hydrogens is 242 g/mol. The molecular formula is C14H17N3O2. The summed E-state index contributed by atoms with van der Waals surface area (Å²) >= 11 is 0. The molecule has 1 N–H and O–H groups in total. The van der Waals surface area contributed by atoms with Crippen LogP contribution in [-0.4, -0.2) is 29.1 Å². The third-order valence-electron chi connectivity index (χ3n) is 3.58. The highest BCUT2D eigenvalue weighted by Gasteiger charge is 2.20. The summed E-state index contributed by atoms with van der Waals surface area (Å²) in [4.78, 5) is 17.0. The number of carbonyl (C=O) groups is 1. The van der Waals surface area contributed by atoms with Gasteiger partial charge in [-0.3, -0.25) is 4.79 Å². The van der Waals surface area contributed by atoms with Gasteiger partial charge in [0.1, 0.15) is 11.9 Å². The number of aromatic nitrogens is 1. The normalized spacial score (nSPS) is 16.1. The van der Waals surface area contributed by atoms with Crippen LogP contribution in [0.15, 0.2) is 18.3 Å². The highest BCUT2D eigenvalue weighted by Crippen LogP contribution is 2.24. The van der Waals surface area contributed by atoms with E-state index in [0.717, 1.165) is 38.2 Å². The van der Waals surface area contributed by atoms with Crippen LogP contribution < -0.4 is 4.90 Å². The number of nitrogens with zero attached hydrogens (tertiary/aromatic N) is 3. The Morgan fingerprint density at radius 3 is 2.74 bits per heavy atom. The molecule has 1 aliphatic rings. The standard InChI is InChI=1S/C14H17N3O2/c15-9-12-1-3-13(16-10-12)17-7-5-11(6-8-17)2-4-14(18)19/h1,3,10-11H,2,4-8H2,(H,18,19). The first-order valence-corrected chi connectivity index (χ1v) is 6.52. The van der Waals surface area contributed by atoms with Crippen LogP contribution in [0.4, 0.5) is 5.82 Å². The zero-order valence-corrected chi connectivity index (χ0v) is 10.7. The molecule has 1 fully saturated rings. The zero-order valence-electron chi connectivity index (χ0n) is 10.7. The van der Waals surface area contributed by atoms with Crippen molar-refractivity contribution in [2.24, 2.45) is 5.92 Å². The number of nitriles is 1. The van der Waals surface area contributed by atoms with Crippen molar-refractivity contribution in [2.75, 3.05) is 18.0 Å². The molecule has 0 radical (unpaired) electrons. The minimum Gasteiger partial charge on any atom is -0.481 e. The monoisotopic (exact) mass is 259 g/mol. The second-order valence-electron chi connectivity index (χ2n) is 4.88. The maximum absolute atomic E-state index is 10.5. The smallest absolute Gasteiger partial charge is 0.303 e. The second-order valence-corrected chi connectivity index (χ2v) is 4.88. The van der Waals surface area contributed by atoms with E-state index in [2.05, 4.69) is 16.0 Å². The van der Waals surface area contributed by atoms with E-state index in [1.807, 2.05) is 6.07 Å². The predicted molar refractivity (Wildman–Crippen MR) is 70.8 cm³/mol. The van der Waals surface area contributed by atoms with Crippen LogP contribution >= 0.6 is 0 Å². The summed E-state index contributed by atoms with van der Waals surface area (Å²) < 4.78 is 0. The quantitative estimate of drug-likeness (QED) is 0.895. The number of carboxylic acids is 1. The van der Waals surface area contributed by atoms with Gasteiger partial charge < -0.3 is 10.0 Å². The molecule has 0 saturated carbocycles. The summed E-state index contributed by atoms with van der Waals surface area (Å²) in [5.74, 6) is 0.692. The van der Waals surface area contributed by atoms with Gasteiger partial charge in [0, 0.05) is 25.7 Å². The average Bonchev–Trinajstić information content (AvgIpc) is 2.46. The van der Waals surface area contributed by atoms with Crippen LogP contribution in [0.1, 0.15) is 31.2 Å². The van der Waals surface area contributed by atoms with Crippen molar-refractivity contribution in [2.45, 2.75) is 25.7 Å². The Balaban J connectivity index is 1.85. The largest absolute Gasteiger partial charge is 0.481 e. The number of hydrogen-bond donors (Lipinski definition) is 1. The number of hydrogen-bond acceptors (Lipinski definition) is 4. The van der Waals surface area contributed by atoms with Crippen LogP contribution in [0, 0.1) is 17.2 Å². The van der Waals surface area contributed by atoms with E-state index in [0.29, 0.717) is 11.5 Å². The summed E-state index contributed by atoms with van der Waals surface area (Å²) in [7, 11) is 0. The molecule has 100 valence electrons. The number of rotatable bonds is 4. The molecule has 2 heterocycles. The summed E-state index contributed by atoms with van der Waals surface area (Å²) in [6, 6.07) is 5.70. The van der Waals surface area contributed by atoms with Crippen molar-refractivity contribution in [3.63, 3.8) is 0 Å². The fourth-order valence-corrected chi connectivity index (χ4v) is 2.42. The van der Waals surface area contributed by atoms with E-state index in [-0.39, 0.29) is 6.42 Å². The van der Waals surface area contributed by atoms with Crippen molar-refractivity contribution < 1.29 is 9.90 Å². The van der Waals surface area contributed by atoms with Gasteiger partial charge in [0.2, 0.25) is 0 Å². The molecule has 0 spiro atoms. The van der Waals surface area contributed by atoms with Crippen molar-refractivity contribution in [1.29, 1.82) is 5.26 Å². The molecule has 0 aliphatic carbocycles. The van der Waals surface area contributed by atoms with Crippen LogP contribution in [-0.2, 0) is 4.79 Å². The lowest BCUT2D eigenvalue weighted by Crippen LogP contribution is -2.34. The maximum Gasteiger partial charge on any atom is 0.303 e. The Bertz CT molecular complexity index is 470. The van der Waals surface area contributed by atoms with E-state index in [1.165, 1.54) is 0 Å². The Morgan fingerprint density at radius 1 is 1.47 bits per heavy atom. The Kier molecular flexibility index (Phi) is 4.35. The van der Waals surface area contributed by atoms with Gasteiger partial charge >= 0.3 is 5.97 Å². The maximum atomic E-state index is 10.5. The average molecular weight is 259 g/mol. The van der Waals surface area contributed by atoms with Gasteiger partial charge in [0.05, 0.1) is 5.56 Å². The van der Waals surface area contributed by atoms with E-state index >= 15 is 0 Å². The molecule has 2 rings (SSSR count). The molecule has 0 bridgehead atoms. The van der Waals surface area contributed by atoms with E-state index in [9.17, 15) is 4.79 Å². The molecule has 0 atom stereocenters. The SMILES string of the molecule is N#Cc1ccc(N2CCC(CCC(=O)O)CC2)nc1. The molecule has 1 saturated heterocycles. The molecule has 1 aromatic heterocycles. The minimum absolute atomic E-state index is 0.264. The Labute approximate surface area is 112 Å². The van der Waals surface area contributed by atoms with Crippen molar-refractivity contribution in [3.8, 4) is 6.07 Å². The van der Waals surface area contributed by atoms with Crippen LogP contribution in [0.3, 0.4) is 0 Å². The van der Waals surface area contributed by atoms with Crippen molar-refractivity contribution >= 4 is 11.8 Å². The molecule has 0 unspecified atom stereocenters. The fraction of sp³-hybridized carbons (Fsp3) is 0.500. The number of aliphatic carboxylic acids is 1. The van der Waals surface area contributed by atoms with Gasteiger partial charge in [0.15, 0.2) is 0 Å². The molecule has 19 heavy (non-hydrogen) atoms. The van der Waals surface area contributed by atoms with Gasteiger partial charge in [-0.25, -0.2) is 4.98 Å². The van der Waals surface area contributed by atoms with Crippen molar-refractivity contribution in [3.05, 3.63) is 23.9 Å². The van der Waals surface area contributed by atoms with Gasteiger partial charge in [0.25, 0.3) is 0 Å². The summed E-state index contributed by atoms with van der Waals surface area (Å²) in [5.41, 5.74) is 0.570. The van der Waals surface area contributed by atoms with Gasteiger partial charge in [-0.15, -0.1) is 0 Å². The Morgan fingerprint density at radius 2 is 2.21 bits per heavy atom. The second kappa shape index (κ2) is 6.19. The summed E-state index contributed by atoms with van der Waals surface area (Å²) in [6.07, 6.45) is 4.64. The van der Waals surface area contributed by atoms with E-state index in [1.54, 1.807) is 12.3 Å². The summed E-state index contributed by atoms with van der Waals surface area (Å²) in [5, 5.41) is 17.4. The lowest BCUT2D eigenvalue weighted by molar-refractivity contribution is -0.137. The van der Waals surface area contributed by atoms with Crippen LogP contribution in [0.2, 0.25) is 0 Å². The van der Waals surface area contributed by atoms with Gasteiger partial charge in [-0.05, 0) is 37.3 Å². The first-order chi connectivity index (χ1) is 9.19. The highest BCUT2D eigenvalue weighted by atomic mass is 16.4. The third-order valence-corrected chi connectivity index (χ3v) is 3.58.